The van der Waals surface area contributed by atoms with Crippen molar-refractivity contribution in [2.24, 2.45) is 10.6 Å². The molecule has 4 heteroatoms. The van der Waals surface area contributed by atoms with Crippen LogP contribution in [0.3, 0.4) is 0 Å². The largest absolute Gasteiger partial charge is 0.478 e. The number of carboxylic acid groups (broad SMARTS) is 1. The summed E-state index contributed by atoms with van der Waals surface area (Å²) in [7, 11) is 0. The van der Waals surface area contributed by atoms with Gasteiger partial charge >= 0.3 is 5.97 Å². The maximum absolute atomic E-state index is 10.8. The second kappa shape index (κ2) is 3.26. The smallest absolute Gasteiger partial charge is 0.351 e. The molecule has 1 aliphatic heterocycles. The topological polar surface area (TPSA) is 58.9 Å². The lowest BCUT2D eigenvalue weighted by Gasteiger charge is -2.18. The first-order chi connectivity index (χ1) is 6.23. The Hall–Kier alpha value is -1.06. The summed E-state index contributed by atoms with van der Waals surface area (Å²) in [6.07, 6.45) is 1.16. The summed E-state index contributed by atoms with van der Waals surface area (Å²) in [6.45, 7) is 7.82. The van der Waals surface area contributed by atoms with Gasteiger partial charge in [0.25, 0.3) is 0 Å². The Morgan fingerprint density at radius 3 is 2.57 bits per heavy atom. The van der Waals surface area contributed by atoms with Crippen LogP contribution in [0.25, 0.3) is 0 Å². The molecule has 1 N–H and O–H groups in total. The minimum Gasteiger partial charge on any atom is -0.478 e. The van der Waals surface area contributed by atoms with Crippen LogP contribution in [0.1, 0.15) is 40.5 Å². The molecular formula is C10H17NO3. The van der Waals surface area contributed by atoms with Crippen molar-refractivity contribution < 1.29 is 14.7 Å². The molecule has 0 aromatic heterocycles. The van der Waals surface area contributed by atoms with Gasteiger partial charge in [-0.25, -0.2) is 4.79 Å². The first-order valence-electron chi connectivity index (χ1n) is 4.70. The first kappa shape index (κ1) is 11.0. The zero-order chi connectivity index (χ0) is 11.0. The minimum atomic E-state index is -1.15. The van der Waals surface area contributed by atoms with Gasteiger partial charge in [-0.05, 0) is 18.8 Å². The lowest BCUT2D eigenvalue weighted by Crippen LogP contribution is -2.35. The van der Waals surface area contributed by atoms with E-state index in [4.69, 9.17) is 9.94 Å². The summed E-state index contributed by atoms with van der Waals surface area (Å²) in [4.78, 5) is 15.8. The maximum atomic E-state index is 10.8. The number of nitrogens with zero attached hydrogens (tertiary/aromatic N) is 1. The molecule has 1 rings (SSSR count). The second-order valence-corrected chi connectivity index (χ2v) is 5.20. The highest BCUT2D eigenvalue weighted by molar-refractivity contribution is 5.93. The third-order valence-electron chi connectivity index (χ3n) is 2.10. The van der Waals surface area contributed by atoms with Gasteiger partial charge in [-0.1, -0.05) is 25.9 Å². The lowest BCUT2D eigenvalue weighted by molar-refractivity contribution is -0.160. The van der Waals surface area contributed by atoms with Crippen LogP contribution in [0.4, 0.5) is 0 Å². The van der Waals surface area contributed by atoms with Crippen molar-refractivity contribution >= 4 is 11.7 Å². The fourth-order valence-electron chi connectivity index (χ4n) is 1.44. The molecule has 0 fully saturated rings. The van der Waals surface area contributed by atoms with E-state index in [1.54, 1.807) is 6.92 Å². The third-order valence-corrected chi connectivity index (χ3v) is 2.10. The van der Waals surface area contributed by atoms with Crippen LogP contribution >= 0.6 is 0 Å². The van der Waals surface area contributed by atoms with E-state index in [2.05, 4.69) is 25.9 Å². The number of carboxylic acids is 1. The number of hydrogen-bond donors (Lipinski definition) is 1. The van der Waals surface area contributed by atoms with Gasteiger partial charge in [-0.3, -0.25) is 0 Å². The van der Waals surface area contributed by atoms with Crippen molar-refractivity contribution in [1.82, 2.24) is 0 Å². The highest BCUT2D eigenvalue weighted by Gasteiger charge is 2.42. The molecule has 1 atom stereocenters. The van der Waals surface area contributed by atoms with E-state index in [0.717, 1.165) is 12.1 Å². The van der Waals surface area contributed by atoms with Gasteiger partial charge in [-0.15, -0.1) is 0 Å². The van der Waals surface area contributed by atoms with Crippen molar-refractivity contribution in [2.45, 2.75) is 46.1 Å². The molecule has 0 aromatic rings. The Balaban J connectivity index is 2.60. The highest BCUT2D eigenvalue weighted by Crippen LogP contribution is 2.29. The first-order valence-corrected chi connectivity index (χ1v) is 4.70. The predicted molar refractivity (Wildman–Crippen MR) is 53.2 cm³/mol. The van der Waals surface area contributed by atoms with Crippen LogP contribution in [0.5, 0.6) is 0 Å². The SMILES string of the molecule is CC(C)(C)CC1=NOC(C)(C(=O)O)C1. The van der Waals surface area contributed by atoms with E-state index in [9.17, 15) is 4.79 Å². The van der Waals surface area contributed by atoms with Crippen molar-refractivity contribution in [2.75, 3.05) is 0 Å². The van der Waals surface area contributed by atoms with E-state index in [-0.39, 0.29) is 5.41 Å². The predicted octanol–water partition coefficient (Wildman–Crippen LogP) is 2.04. The van der Waals surface area contributed by atoms with Gasteiger partial charge in [-0.2, -0.15) is 0 Å². The average molecular weight is 199 g/mol. The normalized spacial score (nSPS) is 27.0. The quantitative estimate of drug-likeness (QED) is 0.740. The van der Waals surface area contributed by atoms with Crippen molar-refractivity contribution in [3.63, 3.8) is 0 Å². The monoisotopic (exact) mass is 199 g/mol. The zero-order valence-electron chi connectivity index (χ0n) is 9.13. The Labute approximate surface area is 83.9 Å². The van der Waals surface area contributed by atoms with Gasteiger partial charge in [0.05, 0.1) is 5.71 Å². The molecule has 0 spiro atoms. The standard InChI is InChI=1S/C10H17NO3/c1-9(2,3)5-7-6-10(4,8(12)13)14-11-7/h5-6H2,1-4H3,(H,12,13). The van der Waals surface area contributed by atoms with Crippen LogP contribution in [0.15, 0.2) is 5.16 Å². The van der Waals surface area contributed by atoms with Gasteiger partial charge in [0.15, 0.2) is 0 Å². The highest BCUT2D eigenvalue weighted by atomic mass is 16.7. The van der Waals surface area contributed by atoms with Gasteiger partial charge in [0.2, 0.25) is 5.60 Å². The van der Waals surface area contributed by atoms with Crippen molar-refractivity contribution in [3.8, 4) is 0 Å². The Kier molecular flexibility index (Phi) is 2.56. The molecule has 14 heavy (non-hydrogen) atoms. The van der Waals surface area contributed by atoms with E-state index < -0.39 is 11.6 Å². The summed E-state index contributed by atoms with van der Waals surface area (Å²) in [5.74, 6) is -0.954. The molecule has 0 amide bonds. The number of oxime groups is 1. The third kappa shape index (κ3) is 2.47. The van der Waals surface area contributed by atoms with Crippen molar-refractivity contribution in [1.29, 1.82) is 0 Å². The van der Waals surface area contributed by atoms with Crippen LogP contribution < -0.4 is 0 Å². The van der Waals surface area contributed by atoms with Gasteiger partial charge < -0.3 is 9.94 Å². The molecule has 80 valence electrons. The molecule has 1 aliphatic rings. The van der Waals surface area contributed by atoms with E-state index in [1.165, 1.54) is 0 Å². The summed E-state index contributed by atoms with van der Waals surface area (Å²) in [5.41, 5.74) is -0.200. The molecule has 0 radical (unpaired) electrons. The molecule has 1 heterocycles. The van der Waals surface area contributed by atoms with Crippen LogP contribution in [0, 0.1) is 5.41 Å². The molecule has 0 aliphatic carbocycles. The van der Waals surface area contributed by atoms with E-state index in [1.807, 2.05) is 0 Å². The van der Waals surface area contributed by atoms with Gasteiger partial charge in [0.1, 0.15) is 0 Å². The fourth-order valence-corrected chi connectivity index (χ4v) is 1.44. The molecule has 0 aromatic carbocycles. The zero-order valence-corrected chi connectivity index (χ0v) is 9.13. The molecule has 0 bridgehead atoms. The van der Waals surface area contributed by atoms with Crippen LogP contribution in [0.2, 0.25) is 0 Å². The summed E-state index contributed by atoms with van der Waals surface area (Å²) in [6, 6.07) is 0. The number of rotatable bonds is 2. The van der Waals surface area contributed by atoms with E-state index >= 15 is 0 Å². The number of aliphatic carboxylic acids is 1. The molecule has 0 saturated carbocycles. The van der Waals surface area contributed by atoms with Crippen LogP contribution in [-0.4, -0.2) is 22.4 Å². The summed E-state index contributed by atoms with van der Waals surface area (Å²) < 4.78 is 0. The average Bonchev–Trinajstić information content (AvgIpc) is 2.29. The Bertz CT molecular complexity index is 278. The number of hydrogen-bond acceptors (Lipinski definition) is 3. The maximum Gasteiger partial charge on any atom is 0.351 e. The van der Waals surface area contributed by atoms with Gasteiger partial charge in [0, 0.05) is 6.42 Å². The van der Waals surface area contributed by atoms with Crippen LogP contribution in [-0.2, 0) is 9.63 Å². The lowest BCUT2D eigenvalue weighted by atomic mass is 9.86. The van der Waals surface area contributed by atoms with E-state index in [0.29, 0.717) is 6.42 Å². The summed E-state index contributed by atoms with van der Waals surface area (Å²) >= 11 is 0. The minimum absolute atomic E-state index is 0.117. The molecule has 1 unspecified atom stereocenters. The Morgan fingerprint density at radius 1 is 1.64 bits per heavy atom. The summed E-state index contributed by atoms with van der Waals surface area (Å²) in [5, 5.41) is 12.7. The Morgan fingerprint density at radius 2 is 2.21 bits per heavy atom. The second-order valence-electron chi connectivity index (χ2n) is 5.20. The number of carbonyl (C=O) groups is 1. The molecule has 4 nitrogen and oxygen atoms in total. The molecule has 0 saturated heterocycles. The fraction of sp³-hybridized carbons (Fsp3) is 0.800. The molecular weight excluding hydrogens is 182 g/mol. The van der Waals surface area contributed by atoms with Crippen molar-refractivity contribution in [3.05, 3.63) is 0 Å².